The normalized spacial score (nSPS) is 22.2. The monoisotopic (exact) mass is 858 g/mol. The minimum Gasteiger partial charge on any atom is -0.468 e. The summed E-state index contributed by atoms with van der Waals surface area (Å²) in [6.07, 6.45) is 12.6. The number of nitrogens with zero attached hydrogens (tertiary/aromatic N) is 2. The van der Waals surface area contributed by atoms with Gasteiger partial charge in [0.25, 0.3) is 6.71 Å². The summed E-state index contributed by atoms with van der Waals surface area (Å²) < 4.78 is 10.1. The van der Waals surface area contributed by atoms with Gasteiger partial charge in [-0.05, 0) is 159 Å². The van der Waals surface area contributed by atoms with Crippen LogP contribution in [0.4, 0.5) is 28.4 Å². The van der Waals surface area contributed by atoms with Crippen molar-refractivity contribution in [2.45, 2.75) is 125 Å². The lowest BCUT2D eigenvalue weighted by Gasteiger charge is -2.52. The average Bonchev–Trinajstić information content (AvgIpc) is 3.82. The van der Waals surface area contributed by atoms with Gasteiger partial charge in [0, 0.05) is 48.3 Å². The van der Waals surface area contributed by atoms with Crippen LogP contribution in [-0.4, -0.2) is 6.71 Å². The zero-order valence-electron chi connectivity index (χ0n) is 40.1. The Kier molecular flexibility index (Phi) is 8.28. The molecule has 5 aromatic carbocycles. The number of thiophene rings is 1. The fourth-order valence-electron chi connectivity index (χ4n) is 12.9. The maximum atomic E-state index is 7.48. The van der Waals surface area contributed by atoms with Crippen LogP contribution in [-0.2, 0) is 16.2 Å². The summed E-state index contributed by atoms with van der Waals surface area (Å²) in [7, 11) is 0. The predicted octanol–water partition coefficient (Wildman–Crippen LogP) is 15.0. The van der Waals surface area contributed by atoms with Crippen molar-refractivity contribution < 1.29 is 4.42 Å². The molecule has 5 aliphatic rings. The number of anilines is 5. The summed E-state index contributed by atoms with van der Waals surface area (Å²) in [5.74, 6) is 0.935. The smallest absolute Gasteiger partial charge is 0.297 e. The molecule has 0 N–H and O–H groups in total. The van der Waals surface area contributed by atoms with E-state index in [0.29, 0.717) is 11.8 Å². The summed E-state index contributed by atoms with van der Waals surface area (Å²) in [4.78, 5) is 5.32. The first-order valence-corrected chi connectivity index (χ1v) is 24.9. The Morgan fingerprint density at radius 3 is 2.06 bits per heavy atom. The highest BCUT2D eigenvalue weighted by Crippen LogP contribution is 2.57. The van der Waals surface area contributed by atoms with Gasteiger partial charge < -0.3 is 14.2 Å². The van der Waals surface area contributed by atoms with E-state index >= 15 is 0 Å². The molecule has 324 valence electrons. The molecule has 1 saturated carbocycles. The van der Waals surface area contributed by atoms with Crippen molar-refractivity contribution in [3.8, 4) is 0 Å². The first-order chi connectivity index (χ1) is 30.2. The summed E-state index contributed by atoms with van der Waals surface area (Å²) in [6, 6.07) is 33.1. The van der Waals surface area contributed by atoms with Crippen LogP contribution in [0.5, 0.6) is 0 Å². The van der Waals surface area contributed by atoms with Crippen LogP contribution in [0.25, 0.3) is 31.1 Å². The summed E-state index contributed by atoms with van der Waals surface area (Å²) in [5.41, 5.74) is 18.3. The lowest BCUT2D eigenvalue weighted by molar-refractivity contribution is 0.0327. The molecule has 0 bridgehead atoms. The van der Waals surface area contributed by atoms with Gasteiger partial charge in [-0.3, -0.25) is 0 Å². The van der Waals surface area contributed by atoms with E-state index in [1.807, 2.05) is 11.3 Å². The van der Waals surface area contributed by atoms with Gasteiger partial charge in [0.1, 0.15) is 5.58 Å². The Bertz CT molecular complexity index is 3220. The first-order valence-electron chi connectivity index (χ1n) is 24.0. The van der Waals surface area contributed by atoms with E-state index in [-0.39, 0.29) is 33.8 Å². The highest BCUT2D eigenvalue weighted by molar-refractivity contribution is 7.26. The Hall–Kier alpha value is -5.00. The molecule has 0 spiro atoms. The Labute approximate surface area is 385 Å². The van der Waals surface area contributed by atoms with Crippen LogP contribution < -0.4 is 26.4 Å². The highest BCUT2D eigenvalue weighted by atomic mass is 32.1. The van der Waals surface area contributed by atoms with Crippen LogP contribution in [0.15, 0.2) is 113 Å². The SMILES string of the molecule is Cc1cc2c3c(c1)N(c1cccc4sc5ccccc5c14)c1c(oc4ccc(C(C)(C)C)cc14)B3c1cc3c(cc1N2C1=CC2C(C=C1)C(C)(C)CCC2(C)C)C(C)(C)CCC3(C)C. The minimum absolute atomic E-state index is 0.0270. The molecule has 2 atom stereocenters. The van der Waals surface area contributed by atoms with Crippen molar-refractivity contribution in [3.05, 3.63) is 131 Å². The molecule has 12 rings (SSSR count). The number of furan rings is 1. The molecule has 2 aliphatic heterocycles. The van der Waals surface area contributed by atoms with Gasteiger partial charge in [0.15, 0.2) is 0 Å². The molecule has 64 heavy (non-hydrogen) atoms. The van der Waals surface area contributed by atoms with Gasteiger partial charge in [0.05, 0.1) is 17.0 Å². The van der Waals surface area contributed by atoms with Crippen molar-refractivity contribution in [2.24, 2.45) is 22.7 Å². The molecular formula is C59H63BN2OS. The molecule has 4 heterocycles. The van der Waals surface area contributed by atoms with Gasteiger partial charge in [0.2, 0.25) is 0 Å². The molecule has 2 unspecified atom stereocenters. The summed E-state index contributed by atoms with van der Waals surface area (Å²) in [6.45, 7) is 29.1. The quantitative estimate of drug-likeness (QED) is 0.162. The van der Waals surface area contributed by atoms with E-state index in [2.05, 4.69) is 196 Å². The van der Waals surface area contributed by atoms with Gasteiger partial charge in [-0.2, -0.15) is 0 Å². The van der Waals surface area contributed by atoms with Gasteiger partial charge in [-0.1, -0.05) is 125 Å². The summed E-state index contributed by atoms with van der Waals surface area (Å²) >= 11 is 1.89. The van der Waals surface area contributed by atoms with Gasteiger partial charge >= 0.3 is 0 Å². The van der Waals surface area contributed by atoms with Crippen molar-refractivity contribution in [1.82, 2.24) is 0 Å². The molecule has 0 saturated heterocycles. The van der Waals surface area contributed by atoms with Gasteiger partial charge in [-0.15, -0.1) is 11.3 Å². The van der Waals surface area contributed by atoms with Crippen molar-refractivity contribution >= 4 is 94.2 Å². The number of rotatable bonds is 2. The van der Waals surface area contributed by atoms with Gasteiger partial charge in [-0.25, -0.2) is 0 Å². The van der Waals surface area contributed by atoms with E-state index in [1.54, 1.807) is 0 Å². The minimum atomic E-state index is -0.0934. The zero-order valence-corrected chi connectivity index (χ0v) is 40.9. The number of benzene rings is 5. The van der Waals surface area contributed by atoms with Crippen molar-refractivity contribution in [2.75, 3.05) is 9.80 Å². The van der Waals surface area contributed by atoms with Crippen LogP contribution in [0.3, 0.4) is 0 Å². The van der Waals surface area contributed by atoms with Crippen molar-refractivity contribution in [1.29, 1.82) is 0 Å². The second-order valence-electron chi connectivity index (χ2n) is 24.0. The van der Waals surface area contributed by atoms with E-state index in [9.17, 15) is 0 Å². The molecule has 7 aromatic rings. The van der Waals surface area contributed by atoms with E-state index < -0.39 is 0 Å². The number of hydrogen-bond acceptors (Lipinski definition) is 4. The first kappa shape index (κ1) is 40.5. The fraction of sp³-hybridized carbons (Fsp3) is 0.390. The number of hydrogen-bond donors (Lipinski definition) is 0. The number of fused-ring (bicyclic) bond motifs is 11. The maximum absolute atomic E-state index is 7.48. The molecule has 0 amide bonds. The van der Waals surface area contributed by atoms with Crippen LogP contribution in [0.2, 0.25) is 0 Å². The molecule has 3 nitrogen and oxygen atoms in total. The second kappa shape index (κ2) is 13.1. The van der Waals surface area contributed by atoms with Crippen molar-refractivity contribution in [3.63, 3.8) is 0 Å². The maximum Gasteiger partial charge on any atom is 0.297 e. The molecular weight excluding hydrogens is 796 g/mol. The highest BCUT2D eigenvalue weighted by Gasteiger charge is 2.51. The topological polar surface area (TPSA) is 19.6 Å². The molecule has 3 aliphatic carbocycles. The zero-order chi connectivity index (χ0) is 44.6. The largest absolute Gasteiger partial charge is 0.468 e. The van der Waals surface area contributed by atoms with E-state index in [4.69, 9.17) is 4.42 Å². The van der Waals surface area contributed by atoms with Crippen LogP contribution in [0, 0.1) is 29.6 Å². The Morgan fingerprint density at radius 2 is 1.33 bits per heavy atom. The third-order valence-corrected chi connectivity index (χ3v) is 18.1. The fourth-order valence-corrected chi connectivity index (χ4v) is 14.0. The number of aryl methyl sites for hydroxylation is 1. The third-order valence-electron chi connectivity index (χ3n) is 17.0. The van der Waals surface area contributed by atoms with E-state index in [1.165, 1.54) is 119 Å². The van der Waals surface area contributed by atoms with E-state index in [0.717, 1.165) is 11.2 Å². The predicted molar refractivity (Wildman–Crippen MR) is 277 cm³/mol. The molecule has 5 heteroatoms. The summed E-state index contributed by atoms with van der Waals surface area (Å²) in [5, 5.41) is 3.79. The third kappa shape index (κ3) is 5.64. The lowest BCUT2D eigenvalue weighted by Crippen LogP contribution is -2.62. The average molecular weight is 859 g/mol. The standard InChI is InChI=1S/C59H63BN2OS/c1-34-28-46-52-47(29-34)62(44-17-15-19-50-51(44)37-16-13-14-18-49(37)64-50)53-38-30-35(55(2,3)4)20-23-48(38)63-54(53)60(52)43-32-41-42(59(11,12)27-26-58(41,9)10)33-45(43)61(46)36-21-22-39-40(31-36)57(7,8)25-24-56(39,5)6/h13-23,28-33,39-40H,24-27H2,1-12H3. The second-order valence-corrected chi connectivity index (χ2v) is 25.1. The molecule has 1 fully saturated rings. The van der Waals surface area contributed by atoms with Crippen LogP contribution in [0.1, 0.15) is 124 Å². The molecule has 0 radical (unpaired) electrons. The Morgan fingerprint density at radius 1 is 0.656 bits per heavy atom. The number of allylic oxidation sites excluding steroid dienone is 3. The lowest BCUT2D eigenvalue weighted by atomic mass is 9.35. The Balaban J connectivity index is 1.21. The van der Waals surface area contributed by atoms with Crippen LogP contribution >= 0.6 is 11.3 Å². The molecule has 2 aromatic heterocycles.